The summed E-state index contributed by atoms with van der Waals surface area (Å²) in [6.45, 7) is 3.71. The summed E-state index contributed by atoms with van der Waals surface area (Å²) in [5.41, 5.74) is 0.988. The van der Waals surface area contributed by atoms with Crippen molar-refractivity contribution < 1.29 is 4.42 Å². The van der Waals surface area contributed by atoms with Gasteiger partial charge in [-0.2, -0.15) is 0 Å². The summed E-state index contributed by atoms with van der Waals surface area (Å²) in [5.74, 6) is 1.22. The van der Waals surface area contributed by atoms with Crippen LogP contribution in [0.3, 0.4) is 0 Å². The Morgan fingerprint density at radius 1 is 1.29 bits per heavy atom. The molecular formula is C12H14IN3O. The SMILES string of the molecule is CCCNCc1nnc(-c2ccccc2I)o1. The summed E-state index contributed by atoms with van der Waals surface area (Å²) in [7, 11) is 0. The standard InChI is InChI=1S/C12H14IN3O/c1-2-7-14-8-11-15-16-12(17-11)9-5-3-4-6-10(9)13/h3-6,14H,2,7-8H2,1H3. The molecule has 0 aliphatic carbocycles. The minimum atomic E-state index is 0.586. The Morgan fingerprint density at radius 3 is 2.88 bits per heavy atom. The largest absolute Gasteiger partial charge is 0.419 e. The minimum absolute atomic E-state index is 0.586. The number of nitrogens with one attached hydrogen (secondary N) is 1. The van der Waals surface area contributed by atoms with E-state index in [0.717, 1.165) is 22.1 Å². The van der Waals surface area contributed by atoms with Gasteiger partial charge in [0.25, 0.3) is 0 Å². The van der Waals surface area contributed by atoms with Crippen LogP contribution in [0.2, 0.25) is 0 Å². The minimum Gasteiger partial charge on any atom is -0.419 e. The van der Waals surface area contributed by atoms with Gasteiger partial charge in [-0.3, -0.25) is 0 Å². The van der Waals surface area contributed by atoms with Crippen molar-refractivity contribution in [1.29, 1.82) is 0 Å². The van der Waals surface area contributed by atoms with Crippen LogP contribution in [0.1, 0.15) is 19.2 Å². The Bertz CT molecular complexity index is 484. The molecule has 0 fully saturated rings. The molecule has 0 aliphatic rings. The van der Waals surface area contributed by atoms with Gasteiger partial charge in [-0.1, -0.05) is 19.1 Å². The molecule has 5 heteroatoms. The highest BCUT2D eigenvalue weighted by molar-refractivity contribution is 14.1. The van der Waals surface area contributed by atoms with Crippen LogP contribution in [-0.4, -0.2) is 16.7 Å². The van der Waals surface area contributed by atoms with Crippen LogP contribution in [0.25, 0.3) is 11.5 Å². The maximum absolute atomic E-state index is 5.61. The molecule has 4 nitrogen and oxygen atoms in total. The zero-order valence-electron chi connectivity index (χ0n) is 9.61. The molecule has 0 saturated heterocycles. The zero-order valence-corrected chi connectivity index (χ0v) is 11.8. The third-order valence-electron chi connectivity index (χ3n) is 2.27. The second kappa shape index (κ2) is 6.11. The van der Waals surface area contributed by atoms with Crippen molar-refractivity contribution in [2.75, 3.05) is 6.54 Å². The number of benzene rings is 1. The van der Waals surface area contributed by atoms with Crippen molar-refractivity contribution in [3.8, 4) is 11.5 Å². The lowest BCUT2D eigenvalue weighted by Crippen LogP contribution is -2.13. The molecule has 0 radical (unpaired) electrons. The molecule has 0 bridgehead atoms. The van der Waals surface area contributed by atoms with E-state index in [2.05, 4.69) is 45.0 Å². The molecule has 2 aromatic rings. The van der Waals surface area contributed by atoms with Crippen LogP contribution in [-0.2, 0) is 6.54 Å². The predicted molar refractivity (Wildman–Crippen MR) is 74.4 cm³/mol. The first-order valence-corrected chi connectivity index (χ1v) is 6.67. The van der Waals surface area contributed by atoms with Gasteiger partial charge in [-0.15, -0.1) is 10.2 Å². The quantitative estimate of drug-likeness (QED) is 0.670. The van der Waals surface area contributed by atoms with E-state index in [1.807, 2.05) is 24.3 Å². The van der Waals surface area contributed by atoms with Gasteiger partial charge >= 0.3 is 0 Å². The lowest BCUT2D eigenvalue weighted by molar-refractivity contribution is 0.477. The molecular weight excluding hydrogens is 329 g/mol. The van der Waals surface area contributed by atoms with Crippen LogP contribution in [0, 0.1) is 3.57 Å². The highest BCUT2D eigenvalue weighted by Gasteiger charge is 2.10. The molecule has 0 aliphatic heterocycles. The molecule has 1 N–H and O–H groups in total. The van der Waals surface area contributed by atoms with E-state index in [4.69, 9.17) is 4.42 Å². The maximum Gasteiger partial charge on any atom is 0.248 e. The number of hydrogen-bond donors (Lipinski definition) is 1. The normalized spacial score (nSPS) is 10.7. The highest BCUT2D eigenvalue weighted by Crippen LogP contribution is 2.23. The van der Waals surface area contributed by atoms with Gasteiger partial charge in [-0.05, 0) is 47.7 Å². The first-order chi connectivity index (χ1) is 8.31. The van der Waals surface area contributed by atoms with E-state index in [1.165, 1.54) is 0 Å². The average Bonchev–Trinajstić information content (AvgIpc) is 2.79. The van der Waals surface area contributed by atoms with Crippen molar-refractivity contribution in [3.63, 3.8) is 0 Å². The fraction of sp³-hybridized carbons (Fsp3) is 0.333. The Hall–Kier alpha value is -0.950. The van der Waals surface area contributed by atoms with E-state index < -0.39 is 0 Å². The monoisotopic (exact) mass is 343 g/mol. The van der Waals surface area contributed by atoms with E-state index in [1.54, 1.807) is 0 Å². The molecule has 0 unspecified atom stereocenters. The van der Waals surface area contributed by atoms with Crippen LogP contribution < -0.4 is 5.32 Å². The second-order valence-corrected chi connectivity index (χ2v) is 4.82. The van der Waals surface area contributed by atoms with Crippen LogP contribution in [0.15, 0.2) is 28.7 Å². The summed E-state index contributed by atoms with van der Waals surface area (Å²) in [4.78, 5) is 0. The summed E-state index contributed by atoms with van der Waals surface area (Å²) >= 11 is 2.26. The van der Waals surface area contributed by atoms with Gasteiger partial charge in [0.2, 0.25) is 11.8 Å². The fourth-order valence-electron chi connectivity index (χ4n) is 1.44. The van der Waals surface area contributed by atoms with E-state index >= 15 is 0 Å². The third kappa shape index (κ3) is 3.26. The topological polar surface area (TPSA) is 51.0 Å². The summed E-state index contributed by atoms with van der Waals surface area (Å²) in [6, 6.07) is 7.97. The average molecular weight is 343 g/mol. The third-order valence-corrected chi connectivity index (χ3v) is 3.21. The van der Waals surface area contributed by atoms with E-state index in [-0.39, 0.29) is 0 Å². The maximum atomic E-state index is 5.61. The molecule has 17 heavy (non-hydrogen) atoms. The van der Waals surface area contributed by atoms with E-state index in [9.17, 15) is 0 Å². The lowest BCUT2D eigenvalue weighted by Gasteiger charge is -1.98. The first-order valence-electron chi connectivity index (χ1n) is 5.59. The number of hydrogen-bond acceptors (Lipinski definition) is 4. The predicted octanol–water partition coefficient (Wildman–Crippen LogP) is 2.84. The Kier molecular flexibility index (Phi) is 4.49. The summed E-state index contributed by atoms with van der Waals surface area (Å²) in [5, 5.41) is 11.3. The molecule has 1 aromatic heterocycles. The lowest BCUT2D eigenvalue weighted by atomic mass is 10.2. The Balaban J connectivity index is 2.10. The summed E-state index contributed by atoms with van der Waals surface area (Å²) in [6.07, 6.45) is 1.09. The van der Waals surface area contributed by atoms with Gasteiger partial charge in [-0.25, -0.2) is 0 Å². The smallest absolute Gasteiger partial charge is 0.248 e. The van der Waals surface area contributed by atoms with Crippen LogP contribution in [0.5, 0.6) is 0 Å². The van der Waals surface area contributed by atoms with Crippen LogP contribution >= 0.6 is 22.6 Å². The summed E-state index contributed by atoms with van der Waals surface area (Å²) < 4.78 is 6.72. The molecule has 0 atom stereocenters. The van der Waals surface area contributed by atoms with Gasteiger partial charge in [0, 0.05) is 3.57 Å². The van der Waals surface area contributed by atoms with Crippen molar-refractivity contribution >= 4 is 22.6 Å². The van der Waals surface area contributed by atoms with Gasteiger partial charge < -0.3 is 9.73 Å². The number of nitrogens with zero attached hydrogens (tertiary/aromatic N) is 2. The van der Waals surface area contributed by atoms with Gasteiger partial charge in [0.1, 0.15) is 0 Å². The van der Waals surface area contributed by atoms with Crippen molar-refractivity contribution in [3.05, 3.63) is 33.7 Å². The number of rotatable bonds is 5. The zero-order chi connectivity index (χ0) is 12.1. The first kappa shape index (κ1) is 12.5. The molecule has 90 valence electrons. The van der Waals surface area contributed by atoms with E-state index in [0.29, 0.717) is 18.3 Å². The molecule has 1 aromatic carbocycles. The molecule has 1 heterocycles. The van der Waals surface area contributed by atoms with Gasteiger partial charge in [0.05, 0.1) is 12.1 Å². The van der Waals surface area contributed by atoms with Crippen LogP contribution in [0.4, 0.5) is 0 Å². The molecule has 0 spiro atoms. The Labute approximate surface area is 114 Å². The van der Waals surface area contributed by atoms with Gasteiger partial charge in [0.15, 0.2) is 0 Å². The molecule has 2 rings (SSSR count). The van der Waals surface area contributed by atoms with Crippen molar-refractivity contribution in [2.45, 2.75) is 19.9 Å². The number of halogens is 1. The fourth-order valence-corrected chi connectivity index (χ4v) is 2.06. The molecule has 0 saturated carbocycles. The molecule has 0 amide bonds. The Morgan fingerprint density at radius 2 is 2.12 bits per heavy atom. The second-order valence-electron chi connectivity index (χ2n) is 3.66. The number of aromatic nitrogens is 2. The highest BCUT2D eigenvalue weighted by atomic mass is 127. The van der Waals surface area contributed by atoms with Crippen molar-refractivity contribution in [2.24, 2.45) is 0 Å². The van der Waals surface area contributed by atoms with Crippen molar-refractivity contribution in [1.82, 2.24) is 15.5 Å².